The minimum atomic E-state index is -0.870. The largest absolute Gasteiger partial charge is 0.481 e. The summed E-state index contributed by atoms with van der Waals surface area (Å²) in [7, 11) is 0. The monoisotopic (exact) mass is 544 g/mol. The number of carbonyl (C=O) groups is 2. The number of amides is 1. The molecule has 2 heterocycles. The Balaban J connectivity index is 1.99. The molecule has 0 radical (unpaired) electrons. The SMILES string of the molecule is CCCCN(CCCC)C(=O)CN1C[C@H](c2cc(CO)c3c(c2)OCO3)[C@@H](C(=O)O)[C@@H]1CC(C)(C)C=C(C)C. The maximum Gasteiger partial charge on any atom is 0.308 e. The number of unbranched alkanes of at least 4 members (excludes halogenated alkanes) is 2. The first-order valence-electron chi connectivity index (χ1n) is 14.4. The first kappa shape index (κ1) is 31.0. The van der Waals surface area contributed by atoms with E-state index >= 15 is 0 Å². The molecule has 0 unspecified atom stereocenters. The second-order valence-corrected chi connectivity index (χ2v) is 12.0. The predicted molar refractivity (Wildman–Crippen MR) is 152 cm³/mol. The van der Waals surface area contributed by atoms with Crippen molar-refractivity contribution < 1.29 is 29.3 Å². The molecule has 8 heteroatoms. The summed E-state index contributed by atoms with van der Waals surface area (Å²) in [6.07, 6.45) is 6.74. The Morgan fingerprint density at radius 2 is 1.79 bits per heavy atom. The number of aliphatic hydroxyl groups is 1. The van der Waals surface area contributed by atoms with Gasteiger partial charge in [-0.05, 0) is 56.2 Å². The van der Waals surface area contributed by atoms with Gasteiger partial charge in [0.1, 0.15) is 0 Å². The molecule has 0 bridgehead atoms. The van der Waals surface area contributed by atoms with Gasteiger partial charge < -0.3 is 24.6 Å². The standard InChI is InChI=1S/C31H48N2O6/c1-7-9-11-32(12-10-8-2)27(35)18-33-17-24(22-13-23(19-34)29-26(14-22)38-20-39-29)28(30(36)37)25(33)16-31(5,6)15-21(3)4/h13-15,24-25,28,34H,7-12,16-20H2,1-6H3,(H,36,37)/t24-,25+,28-/m1/s1. The maximum atomic E-state index is 13.6. The summed E-state index contributed by atoms with van der Waals surface area (Å²) >= 11 is 0. The Labute approximate surface area is 234 Å². The van der Waals surface area contributed by atoms with E-state index in [9.17, 15) is 19.8 Å². The van der Waals surface area contributed by atoms with Crippen molar-refractivity contribution in [1.82, 2.24) is 9.80 Å². The third-order valence-electron chi connectivity index (χ3n) is 7.87. The van der Waals surface area contributed by atoms with Crippen molar-refractivity contribution in [2.24, 2.45) is 11.3 Å². The maximum absolute atomic E-state index is 13.6. The van der Waals surface area contributed by atoms with E-state index in [1.165, 1.54) is 5.57 Å². The minimum Gasteiger partial charge on any atom is -0.481 e. The van der Waals surface area contributed by atoms with E-state index in [1.807, 2.05) is 17.0 Å². The van der Waals surface area contributed by atoms with Crippen LogP contribution in [0.1, 0.15) is 90.7 Å². The van der Waals surface area contributed by atoms with Crippen LogP contribution in [0.4, 0.5) is 0 Å². The van der Waals surface area contributed by atoms with Gasteiger partial charge in [0.2, 0.25) is 12.7 Å². The van der Waals surface area contributed by atoms with Crippen LogP contribution in [-0.4, -0.2) is 70.9 Å². The van der Waals surface area contributed by atoms with Crippen molar-refractivity contribution in [3.63, 3.8) is 0 Å². The van der Waals surface area contributed by atoms with Crippen molar-refractivity contribution in [1.29, 1.82) is 0 Å². The lowest BCUT2D eigenvalue weighted by Gasteiger charge is -2.34. The summed E-state index contributed by atoms with van der Waals surface area (Å²) in [5.74, 6) is -0.834. The smallest absolute Gasteiger partial charge is 0.308 e. The number of likely N-dealkylation sites (tertiary alicyclic amines) is 1. The lowest BCUT2D eigenvalue weighted by molar-refractivity contribution is -0.144. The highest BCUT2D eigenvalue weighted by Crippen LogP contribution is 2.46. The van der Waals surface area contributed by atoms with Gasteiger partial charge in [-0.15, -0.1) is 0 Å². The van der Waals surface area contributed by atoms with Crippen LogP contribution in [0.3, 0.4) is 0 Å². The number of benzene rings is 1. The highest BCUT2D eigenvalue weighted by atomic mass is 16.7. The molecule has 0 aromatic heterocycles. The second-order valence-electron chi connectivity index (χ2n) is 12.0. The van der Waals surface area contributed by atoms with Crippen LogP contribution < -0.4 is 9.47 Å². The average Bonchev–Trinajstić information content (AvgIpc) is 3.47. The second kappa shape index (κ2) is 13.7. The van der Waals surface area contributed by atoms with E-state index in [0.29, 0.717) is 30.0 Å². The number of carboxylic acid groups (broad SMARTS) is 1. The molecule has 39 heavy (non-hydrogen) atoms. The Morgan fingerprint density at radius 3 is 2.36 bits per heavy atom. The molecule has 0 aliphatic carbocycles. The van der Waals surface area contributed by atoms with Crippen LogP contribution in [0.25, 0.3) is 0 Å². The van der Waals surface area contributed by atoms with Crippen LogP contribution in [0.15, 0.2) is 23.8 Å². The molecular formula is C31H48N2O6. The molecule has 0 saturated carbocycles. The minimum absolute atomic E-state index is 0.0634. The van der Waals surface area contributed by atoms with E-state index in [2.05, 4.69) is 52.5 Å². The summed E-state index contributed by atoms with van der Waals surface area (Å²) < 4.78 is 11.2. The number of rotatable bonds is 14. The van der Waals surface area contributed by atoms with Crippen molar-refractivity contribution in [3.05, 3.63) is 34.9 Å². The highest BCUT2D eigenvalue weighted by Gasteiger charge is 2.49. The zero-order chi connectivity index (χ0) is 28.7. The molecule has 3 atom stereocenters. The van der Waals surface area contributed by atoms with Crippen LogP contribution in [0, 0.1) is 11.3 Å². The van der Waals surface area contributed by atoms with Gasteiger partial charge in [0.15, 0.2) is 11.5 Å². The fraction of sp³-hybridized carbons (Fsp3) is 0.677. The fourth-order valence-electron chi connectivity index (χ4n) is 6.23. The first-order chi connectivity index (χ1) is 18.5. The molecule has 2 aliphatic heterocycles. The fourth-order valence-corrected chi connectivity index (χ4v) is 6.23. The molecule has 1 aromatic rings. The number of fused-ring (bicyclic) bond motifs is 1. The molecule has 1 amide bonds. The molecule has 1 aromatic carbocycles. The van der Waals surface area contributed by atoms with Crippen molar-refractivity contribution in [3.8, 4) is 11.5 Å². The van der Waals surface area contributed by atoms with E-state index in [4.69, 9.17) is 9.47 Å². The number of carbonyl (C=O) groups excluding carboxylic acids is 1. The highest BCUT2D eigenvalue weighted by molar-refractivity contribution is 5.79. The molecule has 1 saturated heterocycles. The number of ether oxygens (including phenoxy) is 2. The van der Waals surface area contributed by atoms with Gasteiger partial charge in [-0.25, -0.2) is 0 Å². The van der Waals surface area contributed by atoms with Gasteiger partial charge in [0.25, 0.3) is 0 Å². The topological polar surface area (TPSA) is 99.5 Å². The Morgan fingerprint density at radius 1 is 1.13 bits per heavy atom. The van der Waals surface area contributed by atoms with Crippen molar-refractivity contribution in [2.45, 2.75) is 92.2 Å². The van der Waals surface area contributed by atoms with Crippen molar-refractivity contribution in [2.75, 3.05) is 33.0 Å². The molecule has 1 fully saturated rings. The number of carboxylic acids is 1. The molecular weight excluding hydrogens is 496 g/mol. The molecule has 8 nitrogen and oxygen atoms in total. The number of aliphatic carboxylic acids is 1. The normalized spacial score (nSPS) is 20.7. The summed E-state index contributed by atoms with van der Waals surface area (Å²) in [5, 5.41) is 20.6. The van der Waals surface area contributed by atoms with Gasteiger partial charge in [-0.3, -0.25) is 14.5 Å². The van der Waals surface area contributed by atoms with Crippen molar-refractivity contribution >= 4 is 11.9 Å². The Hall–Kier alpha value is -2.58. The third kappa shape index (κ3) is 7.76. The number of nitrogens with zero attached hydrogens (tertiary/aromatic N) is 2. The predicted octanol–water partition coefficient (Wildman–Crippen LogP) is 5.19. The van der Waals surface area contributed by atoms with E-state index in [0.717, 1.165) is 44.3 Å². The van der Waals surface area contributed by atoms with Gasteiger partial charge in [0, 0.05) is 37.2 Å². The third-order valence-corrected chi connectivity index (χ3v) is 7.87. The lowest BCUT2D eigenvalue weighted by Crippen LogP contribution is -2.45. The Bertz CT molecular complexity index is 1020. The average molecular weight is 545 g/mol. The van der Waals surface area contributed by atoms with E-state index < -0.39 is 11.9 Å². The van der Waals surface area contributed by atoms with Gasteiger partial charge >= 0.3 is 5.97 Å². The van der Waals surface area contributed by atoms with Crippen LogP contribution in [0.5, 0.6) is 11.5 Å². The first-order valence-corrected chi connectivity index (χ1v) is 14.4. The quantitative estimate of drug-likeness (QED) is 0.311. The molecule has 0 spiro atoms. The number of hydrogen-bond donors (Lipinski definition) is 2. The number of allylic oxidation sites excluding steroid dienone is 2. The van der Waals surface area contributed by atoms with Gasteiger partial charge in [-0.2, -0.15) is 0 Å². The van der Waals surface area contributed by atoms with E-state index in [-0.39, 0.29) is 43.2 Å². The molecule has 2 N–H and O–H groups in total. The van der Waals surface area contributed by atoms with Gasteiger partial charge in [-0.1, -0.05) is 52.2 Å². The summed E-state index contributed by atoms with van der Waals surface area (Å²) in [6, 6.07) is 3.36. The Kier molecular flexibility index (Phi) is 10.8. The van der Waals surface area contributed by atoms with Gasteiger partial charge in [0.05, 0.1) is 19.1 Å². The zero-order valence-corrected chi connectivity index (χ0v) is 24.7. The number of aliphatic hydroxyl groups excluding tert-OH is 1. The van der Waals surface area contributed by atoms with E-state index in [1.54, 1.807) is 0 Å². The van der Waals surface area contributed by atoms with Crippen LogP contribution in [-0.2, 0) is 16.2 Å². The molecule has 218 valence electrons. The lowest BCUT2D eigenvalue weighted by atomic mass is 9.77. The van der Waals surface area contributed by atoms with Crippen LogP contribution >= 0.6 is 0 Å². The number of hydrogen-bond acceptors (Lipinski definition) is 6. The summed E-state index contributed by atoms with van der Waals surface area (Å²) in [4.78, 5) is 30.6. The summed E-state index contributed by atoms with van der Waals surface area (Å²) in [6.45, 7) is 14.6. The van der Waals surface area contributed by atoms with Crippen LogP contribution in [0.2, 0.25) is 0 Å². The zero-order valence-electron chi connectivity index (χ0n) is 24.7. The summed E-state index contributed by atoms with van der Waals surface area (Å²) in [5.41, 5.74) is 2.32. The molecule has 3 rings (SSSR count). The molecule has 2 aliphatic rings.